The van der Waals surface area contributed by atoms with Crippen molar-refractivity contribution in [3.63, 3.8) is 0 Å². The maximum atomic E-state index is 9.86. The standard InChI is InChI=1S/C12H14N2O2S/c1-16-10-2-3-12(13-6-10)14-7-11(15)9-4-5-17-8-9/h2-6,8,11,15H,7H2,1H3,(H,13,14). The number of anilines is 1. The van der Waals surface area contributed by atoms with Crippen LogP contribution in [0.1, 0.15) is 11.7 Å². The fourth-order valence-electron chi connectivity index (χ4n) is 1.39. The smallest absolute Gasteiger partial charge is 0.137 e. The highest BCUT2D eigenvalue weighted by Crippen LogP contribution is 2.17. The minimum absolute atomic E-state index is 0.441. The van der Waals surface area contributed by atoms with E-state index in [2.05, 4.69) is 10.3 Å². The predicted octanol–water partition coefficient (Wildman–Crippen LogP) is 2.30. The summed E-state index contributed by atoms with van der Waals surface area (Å²) in [6.45, 7) is 0.441. The molecule has 1 atom stereocenters. The van der Waals surface area contributed by atoms with Gasteiger partial charge in [0.05, 0.1) is 19.4 Å². The van der Waals surface area contributed by atoms with E-state index in [1.54, 1.807) is 24.6 Å². The molecule has 5 heteroatoms. The first-order valence-corrected chi connectivity index (χ1v) is 6.18. The number of methoxy groups -OCH3 is 1. The first-order chi connectivity index (χ1) is 8.29. The van der Waals surface area contributed by atoms with Crippen LogP contribution in [0.4, 0.5) is 5.82 Å². The first kappa shape index (κ1) is 11.9. The molecular weight excluding hydrogens is 236 g/mol. The summed E-state index contributed by atoms with van der Waals surface area (Å²) in [4.78, 5) is 4.16. The van der Waals surface area contributed by atoms with E-state index in [1.807, 2.05) is 29.0 Å². The molecule has 0 aromatic carbocycles. The molecule has 0 saturated carbocycles. The van der Waals surface area contributed by atoms with E-state index in [0.717, 1.165) is 11.4 Å². The Morgan fingerprint density at radius 3 is 2.94 bits per heavy atom. The molecule has 0 bridgehead atoms. The summed E-state index contributed by atoms with van der Waals surface area (Å²) in [5.74, 6) is 1.44. The van der Waals surface area contributed by atoms with Gasteiger partial charge in [0.15, 0.2) is 0 Å². The molecule has 0 fully saturated rings. The van der Waals surface area contributed by atoms with E-state index in [1.165, 1.54) is 0 Å². The van der Waals surface area contributed by atoms with Crippen molar-refractivity contribution in [2.24, 2.45) is 0 Å². The summed E-state index contributed by atoms with van der Waals surface area (Å²) in [6, 6.07) is 5.56. The van der Waals surface area contributed by atoms with Crippen molar-refractivity contribution in [1.82, 2.24) is 4.98 Å². The number of nitrogens with zero attached hydrogens (tertiary/aromatic N) is 1. The molecule has 2 rings (SSSR count). The lowest BCUT2D eigenvalue weighted by Gasteiger charge is -2.11. The van der Waals surface area contributed by atoms with Gasteiger partial charge in [0, 0.05) is 6.54 Å². The van der Waals surface area contributed by atoms with Crippen LogP contribution >= 0.6 is 11.3 Å². The molecule has 90 valence electrons. The molecule has 2 heterocycles. The van der Waals surface area contributed by atoms with Crippen LogP contribution in [0.25, 0.3) is 0 Å². The minimum atomic E-state index is -0.509. The van der Waals surface area contributed by atoms with Crippen LogP contribution in [0.2, 0.25) is 0 Å². The molecule has 0 radical (unpaired) electrons. The first-order valence-electron chi connectivity index (χ1n) is 5.23. The predicted molar refractivity (Wildman–Crippen MR) is 68.6 cm³/mol. The molecular formula is C12H14N2O2S. The number of nitrogens with one attached hydrogen (secondary N) is 1. The average molecular weight is 250 g/mol. The molecule has 0 amide bonds. The van der Waals surface area contributed by atoms with E-state index >= 15 is 0 Å². The van der Waals surface area contributed by atoms with Crippen LogP contribution in [0, 0.1) is 0 Å². The third kappa shape index (κ3) is 3.18. The number of hydrogen-bond acceptors (Lipinski definition) is 5. The molecule has 0 aliphatic carbocycles. The normalized spacial score (nSPS) is 12.1. The van der Waals surface area contributed by atoms with E-state index < -0.39 is 6.10 Å². The van der Waals surface area contributed by atoms with Crippen LogP contribution < -0.4 is 10.1 Å². The second-order valence-electron chi connectivity index (χ2n) is 3.54. The van der Waals surface area contributed by atoms with Gasteiger partial charge in [-0.25, -0.2) is 4.98 Å². The molecule has 2 N–H and O–H groups in total. The van der Waals surface area contributed by atoms with E-state index in [0.29, 0.717) is 12.3 Å². The zero-order valence-electron chi connectivity index (χ0n) is 9.46. The number of ether oxygens (including phenoxy) is 1. The summed E-state index contributed by atoms with van der Waals surface area (Å²) >= 11 is 1.57. The molecule has 4 nitrogen and oxygen atoms in total. The Balaban J connectivity index is 1.89. The number of hydrogen-bond donors (Lipinski definition) is 2. The number of aliphatic hydroxyl groups excluding tert-OH is 1. The fourth-order valence-corrected chi connectivity index (χ4v) is 2.10. The van der Waals surface area contributed by atoms with Crippen LogP contribution in [0.3, 0.4) is 0 Å². The lowest BCUT2D eigenvalue weighted by atomic mass is 10.2. The van der Waals surface area contributed by atoms with Gasteiger partial charge >= 0.3 is 0 Å². The minimum Gasteiger partial charge on any atom is -0.495 e. The van der Waals surface area contributed by atoms with Gasteiger partial charge in [-0.2, -0.15) is 11.3 Å². The van der Waals surface area contributed by atoms with Crippen molar-refractivity contribution in [1.29, 1.82) is 0 Å². The highest BCUT2D eigenvalue weighted by atomic mass is 32.1. The number of aromatic nitrogens is 1. The van der Waals surface area contributed by atoms with Gasteiger partial charge in [0.1, 0.15) is 11.6 Å². The molecule has 2 aromatic heterocycles. The summed E-state index contributed by atoms with van der Waals surface area (Å²) in [5.41, 5.74) is 0.927. The fraction of sp³-hybridized carbons (Fsp3) is 0.250. The molecule has 17 heavy (non-hydrogen) atoms. The number of pyridine rings is 1. The zero-order chi connectivity index (χ0) is 12.1. The van der Waals surface area contributed by atoms with Gasteiger partial charge in [-0.15, -0.1) is 0 Å². The topological polar surface area (TPSA) is 54.4 Å². The van der Waals surface area contributed by atoms with Crippen molar-refractivity contribution >= 4 is 17.2 Å². The number of rotatable bonds is 5. The van der Waals surface area contributed by atoms with Gasteiger partial charge in [0.25, 0.3) is 0 Å². The second kappa shape index (κ2) is 5.65. The zero-order valence-corrected chi connectivity index (χ0v) is 10.3. The lowest BCUT2D eigenvalue weighted by molar-refractivity contribution is 0.192. The van der Waals surface area contributed by atoms with Gasteiger partial charge in [-0.1, -0.05) is 0 Å². The lowest BCUT2D eigenvalue weighted by Crippen LogP contribution is -2.12. The van der Waals surface area contributed by atoms with Crippen molar-refractivity contribution in [3.8, 4) is 5.75 Å². The highest BCUT2D eigenvalue weighted by Gasteiger charge is 2.07. The van der Waals surface area contributed by atoms with E-state index in [9.17, 15) is 5.11 Å². The summed E-state index contributed by atoms with van der Waals surface area (Å²) in [7, 11) is 1.60. The van der Waals surface area contributed by atoms with E-state index in [4.69, 9.17) is 4.74 Å². The summed E-state index contributed by atoms with van der Waals surface area (Å²) in [6.07, 6.45) is 1.13. The maximum Gasteiger partial charge on any atom is 0.137 e. The Kier molecular flexibility index (Phi) is 3.95. The molecule has 0 spiro atoms. The van der Waals surface area contributed by atoms with Crippen LogP contribution in [-0.4, -0.2) is 23.7 Å². The third-order valence-corrected chi connectivity index (χ3v) is 3.08. The Labute approximate surface area is 104 Å². The Bertz CT molecular complexity index is 442. The third-order valence-electron chi connectivity index (χ3n) is 2.38. The monoisotopic (exact) mass is 250 g/mol. The van der Waals surface area contributed by atoms with Crippen LogP contribution in [-0.2, 0) is 0 Å². The van der Waals surface area contributed by atoms with Gasteiger partial charge in [-0.3, -0.25) is 0 Å². The molecule has 0 aliphatic heterocycles. The quantitative estimate of drug-likeness (QED) is 0.855. The van der Waals surface area contributed by atoms with Crippen molar-refractivity contribution in [2.45, 2.75) is 6.10 Å². The number of aliphatic hydroxyl groups is 1. The maximum absolute atomic E-state index is 9.86. The van der Waals surface area contributed by atoms with Crippen LogP contribution in [0.5, 0.6) is 5.75 Å². The Morgan fingerprint density at radius 2 is 2.35 bits per heavy atom. The molecule has 0 saturated heterocycles. The Hall–Kier alpha value is -1.59. The molecule has 0 aliphatic rings. The number of thiophene rings is 1. The van der Waals surface area contributed by atoms with Crippen LogP contribution in [0.15, 0.2) is 35.2 Å². The molecule has 1 unspecified atom stereocenters. The molecule has 2 aromatic rings. The summed E-state index contributed by atoms with van der Waals surface area (Å²) < 4.78 is 5.02. The van der Waals surface area contributed by atoms with Crippen molar-refractivity contribution in [2.75, 3.05) is 19.0 Å². The SMILES string of the molecule is COc1ccc(NCC(O)c2ccsc2)nc1. The largest absolute Gasteiger partial charge is 0.495 e. The highest BCUT2D eigenvalue weighted by molar-refractivity contribution is 7.07. The second-order valence-corrected chi connectivity index (χ2v) is 4.32. The average Bonchev–Trinajstić information content (AvgIpc) is 2.90. The van der Waals surface area contributed by atoms with Gasteiger partial charge in [-0.05, 0) is 34.5 Å². The Morgan fingerprint density at radius 1 is 1.47 bits per heavy atom. The van der Waals surface area contributed by atoms with Gasteiger partial charge < -0.3 is 15.2 Å². The van der Waals surface area contributed by atoms with Crippen molar-refractivity contribution < 1.29 is 9.84 Å². The van der Waals surface area contributed by atoms with Gasteiger partial charge in [0.2, 0.25) is 0 Å². The van der Waals surface area contributed by atoms with E-state index in [-0.39, 0.29) is 0 Å². The summed E-state index contributed by atoms with van der Waals surface area (Å²) in [5, 5.41) is 16.8. The van der Waals surface area contributed by atoms with Crippen molar-refractivity contribution in [3.05, 3.63) is 40.7 Å².